The molecule has 2 nitrogen and oxygen atoms in total. The monoisotopic (exact) mass is 415 g/mol. The molecule has 0 aliphatic rings. The van der Waals surface area contributed by atoms with E-state index in [1.807, 2.05) is 13.8 Å². The van der Waals surface area contributed by atoms with Crippen LogP contribution in [0.4, 0.5) is 13.2 Å². The van der Waals surface area contributed by atoms with Crippen LogP contribution in [-0.2, 0) is 6.18 Å². The van der Waals surface area contributed by atoms with Crippen molar-refractivity contribution >= 4 is 37.8 Å². The van der Waals surface area contributed by atoms with Crippen LogP contribution in [0.1, 0.15) is 36.2 Å². The number of alkyl halides is 4. The van der Waals surface area contributed by atoms with Crippen LogP contribution in [0.2, 0.25) is 0 Å². The summed E-state index contributed by atoms with van der Waals surface area (Å²) in [5.41, 5.74) is -1.37. The lowest BCUT2D eigenvalue weighted by Gasteiger charge is -2.27. The number of halogens is 5. The third-order valence-electron chi connectivity index (χ3n) is 3.02. The molecule has 0 fully saturated rings. The molecule has 0 bridgehead atoms. The molecule has 0 aliphatic heterocycles. The molecule has 0 spiro atoms. The molecule has 1 amide bonds. The molecule has 0 heterocycles. The summed E-state index contributed by atoms with van der Waals surface area (Å²) >= 11 is 6.13. The Bertz CT molecular complexity index is 499. The Labute approximate surface area is 132 Å². The van der Waals surface area contributed by atoms with E-state index in [9.17, 15) is 18.0 Å². The molecule has 1 atom stereocenters. The lowest BCUT2D eigenvalue weighted by molar-refractivity contribution is -0.138. The summed E-state index contributed by atoms with van der Waals surface area (Å²) in [5, 5.41) is 3.26. The molecule has 0 aliphatic carbocycles. The normalized spacial score (nSPS) is 14.8. The Kier molecular flexibility index (Phi) is 5.66. The highest BCUT2D eigenvalue weighted by atomic mass is 79.9. The van der Waals surface area contributed by atoms with Gasteiger partial charge in [-0.1, -0.05) is 38.8 Å². The smallest absolute Gasteiger partial charge is 0.346 e. The maximum Gasteiger partial charge on any atom is 0.417 e. The predicted octanol–water partition coefficient (Wildman–Crippen LogP) is 4.76. The molecular weight excluding hydrogens is 403 g/mol. The van der Waals surface area contributed by atoms with E-state index in [-0.39, 0.29) is 10.0 Å². The van der Waals surface area contributed by atoms with Crippen molar-refractivity contribution in [2.24, 2.45) is 0 Å². The zero-order valence-corrected chi connectivity index (χ0v) is 14.1. The first-order chi connectivity index (χ1) is 9.13. The molecule has 0 aromatic heterocycles. The van der Waals surface area contributed by atoms with Gasteiger partial charge in [0.05, 0.1) is 5.56 Å². The zero-order valence-electron chi connectivity index (χ0n) is 10.9. The second-order valence-corrected chi connectivity index (χ2v) is 6.11. The van der Waals surface area contributed by atoms with Crippen LogP contribution in [0.15, 0.2) is 22.7 Å². The van der Waals surface area contributed by atoms with Gasteiger partial charge in [0.25, 0.3) is 5.91 Å². The van der Waals surface area contributed by atoms with Gasteiger partial charge in [-0.3, -0.25) is 4.79 Å². The summed E-state index contributed by atoms with van der Waals surface area (Å²) < 4.78 is 38.3. The minimum Gasteiger partial charge on any atom is -0.346 e. The molecule has 0 saturated carbocycles. The molecule has 1 aromatic rings. The fourth-order valence-corrected chi connectivity index (χ4v) is 2.45. The van der Waals surface area contributed by atoms with Gasteiger partial charge in [-0.2, -0.15) is 13.2 Å². The SMILES string of the molecule is CCC(C)(CBr)NC(=O)c1ccc(Br)c(C(F)(F)F)c1. The van der Waals surface area contributed by atoms with Crippen LogP contribution in [0.3, 0.4) is 0 Å². The highest BCUT2D eigenvalue weighted by Gasteiger charge is 2.34. The number of hydrogen-bond donors (Lipinski definition) is 1. The van der Waals surface area contributed by atoms with Gasteiger partial charge in [0.2, 0.25) is 0 Å². The molecule has 1 rings (SSSR count). The number of carbonyl (C=O) groups excluding carboxylic acids is 1. The molecule has 112 valence electrons. The van der Waals surface area contributed by atoms with Crippen molar-refractivity contribution in [1.82, 2.24) is 5.32 Å². The van der Waals surface area contributed by atoms with Crippen LogP contribution >= 0.6 is 31.9 Å². The van der Waals surface area contributed by atoms with Gasteiger partial charge in [-0.15, -0.1) is 0 Å². The average Bonchev–Trinajstić information content (AvgIpc) is 2.37. The number of amides is 1. The van der Waals surface area contributed by atoms with Crippen LogP contribution in [-0.4, -0.2) is 16.8 Å². The highest BCUT2D eigenvalue weighted by molar-refractivity contribution is 9.10. The molecule has 0 radical (unpaired) electrons. The van der Waals surface area contributed by atoms with Gasteiger partial charge in [0.1, 0.15) is 0 Å². The fraction of sp³-hybridized carbons (Fsp3) is 0.462. The molecule has 1 unspecified atom stereocenters. The van der Waals surface area contributed by atoms with Gasteiger partial charge < -0.3 is 5.32 Å². The van der Waals surface area contributed by atoms with Crippen molar-refractivity contribution in [3.63, 3.8) is 0 Å². The Hall–Kier alpha value is -0.560. The minimum absolute atomic E-state index is 0.0128. The van der Waals surface area contributed by atoms with E-state index in [1.165, 1.54) is 12.1 Å². The van der Waals surface area contributed by atoms with Crippen LogP contribution in [0, 0.1) is 0 Å². The topological polar surface area (TPSA) is 29.1 Å². The van der Waals surface area contributed by atoms with Gasteiger partial charge >= 0.3 is 6.18 Å². The summed E-state index contributed by atoms with van der Waals surface area (Å²) in [5.74, 6) is -0.521. The number of nitrogens with one attached hydrogen (secondary N) is 1. The highest BCUT2D eigenvalue weighted by Crippen LogP contribution is 2.35. The van der Waals surface area contributed by atoms with E-state index < -0.39 is 23.2 Å². The molecule has 7 heteroatoms. The van der Waals surface area contributed by atoms with Crippen molar-refractivity contribution in [2.75, 3.05) is 5.33 Å². The molecule has 20 heavy (non-hydrogen) atoms. The van der Waals surface area contributed by atoms with Gasteiger partial charge in [-0.25, -0.2) is 0 Å². The van der Waals surface area contributed by atoms with E-state index in [0.29, 0.717) is 11.8 Å². The quantitative estimate of drug-likeness (QED) is 0.704. The first kappa shape index (κ1) is 17.5. The van der Waals surface area contributed by atoms with Crippen LogP contribution < -0.4 is 5.32 Å². The summed E-state index contributed by atoms with van der Waals surface area (Å²) in [4.78, 5) is 12.1. The van der Waals surface area contributed by atoms with Gasteiger partial charge in [-0.05, 0) is 31.5 Å². The largest absolute Gasteiger partial charge is 0.417 e. The van der Waals surface area contributed by atoms with Crippen molar-refractivity contribution in [3.8, 4) is 0 Å². The summed E-state index contributed by atoms with van der Waals surface area (Å²) in [7, 11) is 0. The first-order valence-electron chi connectivity index (χ1n) is 5.88. The van der Waals surface area contributed by atoms with E-state index in [4.69, 9.17) is 0 Å². The second kappa shape index (κ2) is 6.47. The Balaban J connectivity index is 3.07. The lowest BCUT2D eigenvalue weighted by Crippen LogP contribution is -2.47. The molecule has 1 aromatic carbocycles. The number of hydrogen-bond acceptors (Lipinski definition) is 1. The predicted molar refractivity (Wildman–Crippen MR) is 79.1 cm³/mol. The van der Waals surface area contributed by atoms with Crippen molar-refractivity contribution < 1.29 is 18.0 Å². The number of carbonyl (C=O) groups is 1. The van der Waals surface area contributed by atoms with E-state index in [0.717, 1.165) is 6.07 Å². The molecule has 0 saturated heterocycles. The Morgan fingerprint density at radius 1 is 1.35 bits per heavy atom. The number of benzene rings is 1. The van der Waals surface area contributed by atoms with E-state index in [1.54, 1.807) is 0 Å². The average molecular weight is 417 g/mol. The number of rotatable bonds is 4. The standard InChI is InChI=1S/C13H14Br2F3NO/c1-3-12(2,7-14)19-11(20)8-4-5-10(15)9(6-8)13(16,17)18/h4-6H,3,7H2,1-2H3,(H,19,20). The second-order valence-electron chi connectivity index (χ2n) is 4.69. The Morgan fingerprint density at radius 3 is 2.40 bits per heavy atom. The van der Waals surface area contributed by atoms with Crippen molar-refractivity contribution in [3.05, 3.63) is 33.8 Å². The van der Waals surface area contributed by atoms with Gasteiger partial charge in [0, 0.05) is 20.9 Å². The van der Waals surface area contributed by atoms with E-state index in [2.05, 4.69) is 37.2 Å². The molecule has 1 N–H and O–H groups in total. The summed E-state index contributed by atoms with van der Waals surface area (Å²) in [6, 6.07) is 3.44. The third kappa shape index (κ3) is 4.22. The minimum atomic E-state index is -4.50. The van der Waals surface area contributed by atoms with Crippen LogP contribution in [0.5, 0.6) is 0 Å². The third-order valence-corrected chi connectivity index (χ3v) is 4.95. The van der Waals surface area contributed by atoms with E-state index >= 15 is 0 Å². The lowest BCUT2D eigenvalue weighted by atomic mass is 10.0. The molecular formula is C13H14Br2F3NO. The van der Waals surface area contributed by atoms with Crippen LogP contribution in [0.25, 0.3) is 0 Å². The van der Waals surface area contributed by atoms with Crippen molar-refractivity contribution in [1.29, 1.82) is 0 Å². The first-order valence-corrected chi connectivity index (χ1v) is 7.79. The van der Waals surface area contributed by atoms with Crippen molar-refractivity contribution in [2.45, 2.75) is 32.0 Å². The Morgan fingerprint density at radius 2 is 1.95 bits per heavy atom. The van der Waals surface area contributed by atoms with Gasteiger partial charge in [0.15, 0.2) is 0 Å². The maximum absolute atomic E-state index is 12.8. The fourth-order valence-electron chi connectivity index (χ4n) is 1.45. The maximum atomic E-state index is 12.8. The summed E-state index contributed by atoms with van der Waals surface area (Å²) in [6.07, 6.45) is -3.84. The summed E-state index contributed by atoms with van der Waals surface area (Å²) in [6.45, 7) is 3.72. The zero-order chi connectivity index (χ0) is 15.6.